The molecule has 1 N–H and O–H groups in total. The monoisotopic (exact) mass is 222 g/mol. The van der Waals surface area contributed by atoms with Crippen LogP contribution in [0.3, 0.4) is 0 Å². The van der Waals surface area contributed by atoms with Crippen molar-refractivity contribution in [2.24, 2.45) is 7.05 Å². The molecule has 15 heavy (non-hydrogen) atoms. The van der Waals surface area contributed by atoms with E-state index >= 15 is 0 Å². The van der Waals surface area contributed by atoms with Gasteiger partial charge < -0.3 is 5.11 Å². The molecular formula is C12H16NOS+. The lowest BCUT2D eigenvalue weighted by molar-refractivity contribution is -0.648. The molecule has 0 bridgehead atoms. The van der Waals surface area contributed by atoms with Gasteiger partial charge in [-0.05, 0) is 19.4 Å². The Morgan fingerprint density at radius 2 is 2.13 bits per heavy atom. The number of aliphatic hydroxyl groups excluding tert-OH is 1. The highest BCUT2D eigenvalue weighted by Crippen LogP contribution is 2.20. The molecule has 0 saturated heterocycles. The van der Waals surface area contributed by atoms with Crippen LogP contribution in [0.25, 0.3) is 10.2 Å². The van der Waals surface area contributed by atoms with Crippen molar-refractivity contribution < 1.29 is 9.67 Å². The highest BCUT2D eigenvalue weighted by atomic mass is 32.1. The number of aliphatic hydroxyl groups is 1. The lowest BCUT2D eigenvalue weighted by Gasteiger charge is -1.98. The molecule has 0 amide bonds. The number of hydrogen-bond donors (Lipinski definition) is 1. The van der Waals surface area contributed by atoms with Gasteiger partial charge in [0.2, 0.25) is 10.5 Å². The van der Waals surface area contributed by atoms with E-state index in [0.29, 0.717) is 0 Å². The summed E-state index contributed by atoms with van der Waals surface area (Å²) in [5.41, 5.74) is 1.28. The van der Waals surface area contributed by atoms with Crippen LogP contribution in [0.1, 0.15) is 18.4 Å². The van der Waals surface area contributed by atoms with Crippen molar-refractivity contribution in [3.05, 3.63) is 29.3 Å². The van der Waals surface area contributed by atoms with Gasteiger partial charge in [-0.2, -0.15) is 4.57 Å². The molecule has 0 unspecified atom stereocenters. The summed E-state index contributed by atoms with van der Waals surface area (Å²) >= 11 is 1.82. The number of nitrogens with zero attached hydrogens (tertiary/aromatic N) is 1. The van der Waals surface area contributed by atoms with Crippen LogP contribution < -0.4 is 4.57 Å². The van der Waals surface area contributed by atoms with Crippen LogP contribution in [-0.4, -0.2) is 11.2 Å². The van der Waals surface area contributed by atoms with Gasteiger partial charge in [0.05, 0.1) is 6.10 Å². The second-order valence-corrected chi connectivity index (χ2v) is 5.03. The molecule has 0 spiro atoms. The first-order valence-corrected chi connectivity index (χ1v) is 6.04. The molecule has 1 aromatic carbocycles. The second-order valence-electron chi connectivity index (χ2n) is 3.91. The van der Waals surface area contributed by atoms with E-state index in [-0.39, 0.29) is 6.10 Å². The van der Waals surface area contributed by atoms with Gasteiger partial charge in [-0.25, -0.2) is 0 Å². The summed E-state index contributed by atoms with van der Waals surface area (Å²) in [7, 11) is 2.09. The summed E-state index contributed by atoms with van der Waals surface area (Å²) in [5.74, 6) is 0. The van der Waals surface area contributed by atoms with Crippen LogP contribution in [0, 0.1) is 0 Å². The fourth-order valence-electron chi connectivity index (χ4n) is 1.70. The Bertz CT molecular complexity index is 462. The topological polar surface area (TPSA) is 24.1 Å². The standard InChI is InChI=1S/C12H16NOS/c1-9(14)7-8-12-13(2)10-5-3-4-6-11(10)15-12/h3-6,9,14H,7-8H2,1-2H3/q+1/t9-/m0/s1. The minimum Gasteiger partial charge on any atom is -0.393 e. The summed E-state index contributed by atoms with van der Waals surface area (Å²) in [6.45, 7) is 1.84. The van der Waals surface area contributed by atoms with Gasteiger partial charge in [-0.3, -0.25) is 0 Å². The lowest BCUT2D eigenvalue weighted by atomic mass is 10.2. The zero-order valence-electron chi connectivity index (χ0n) is 9.10. The SMILES string of the molecule is C[C@H](O)CCc1sc2ccccc2[n+]1C. The lowest BCUT2D eigenvalue weighted by Crippen LogP contribution is -2.31. The fourth-order valence-corrected chi connectivity index (χ4v) is 2.87. The molecule has 0 fully saturated rings. The Morgan fingerprint density at radius 1 is 1.40 bits per heavy atom. The minimum atomic E-state index is -0.213. The van der Waals surface area contributed by atoms with Gasteiger partial charge in [-0.15, -0.1) is 0 Å². The molecule has 3 heteroatoms. The van der Waals surface area contributed by atoms with Gasteiger partial charge in [0.1, 0.15) is 11.7 Å². The van der Waals surface area contributed by atoms with E-state index < -0.39 is 0 Å². The van der Waals surface area contributed by atoms with Crippen LogP contribution in [0.2, 0.25) is 0 Å². The van der Waals surface area contributed by atoms with Crippen molar-refractivity contribution in [2.45, 2.75) is 25.9 Å². The Balaban J connectivity index is 2.32. The molecule has 2 aromatic rings. The first-order valence-electron chi connectivity index (χ1n) is 5.23. The van der Waals surface area contributed by atoms with Gasteiger partial charge in [0, 0.05) is 12.5 Å². The van der Waals surface area contributed by atoms with E-state index in [1.165, 1.54) is 15.2 Å². The van der Waals surface area contributed by atoms with Gasteiger partial charge in [0.15, 0.2) is 0 Å². The predicted octanol–water partition coefficient (Wildman–Crippen LogP) is 2.04. The zero-order chi connectivity index (χ0) is 10.8. The first-order chi connectivity index (χ1) is 7.18. The summed E-state index contributed by atoms with van der Waals surface area (Å²) in [6.07, 6.45) is 1.57. The maximum atomic E-state index is 9.27. The number of para-hydroxylation sites is 1. The average Bonchev–Trinajstić information content (AvgIpc) is 2.54. The number of aryl methyl sites for hydroxylation is 2. The van der Waals surface area contributed by atoms with E-state index in [4.69, 9.17) is 0 Å². The summed E-state index contributed by atoms with van der Waals surface area (Å²) in [6, 6.07) is 8.41. The maximum absolute atomic E-state index is 9.27. The Hall–Kier alpha value is -0.930. The van der Waals surface area contributed by atoms with E-state index in [1.54, 1.807) is 0 Å². The number of hydrogen-bond acceptors (Lipinski definition) is 2. The third-order valence-electron chi connectivity index (χ3n) is 2.60. The normalized spacial score (nSPS) is 13.3. The van der Waals surface area contributed by atoms with Crippen molar-refractivity contribution in [2.75, 3.05) is 0 Å². The van der Waals surface area contributed by atoms with Gasteiger partial charge in [0.25, 0.3) is 0 Å². The van der Waals surface area contributed by atoms with Crippen molar-refractivity contribution in [3.8, 4) is 0 Å². The number of fused-ring (bicyclic) bond motifs is 1. The Morgan fingerprint density at radius 3 is 2.80 bits per heavy atom. The van der Waals surface area contributed by atoms with Crippen molar-refractivity contribution in [1.82, 2.24) is 0 Å². The van der Waals surface area contributed by atoms with Crippen LogP contribution >= 0.6 is 11.3 Å². The number of aromatic nitrogens is 1. The van der Waals surface area contributed by atoms with Gasteiger partial charge in [-0.1, -0.05) is 23.5 Å². The molecule has 2 rings (SSSR count). The number of thiazole rings is 1. The molecule has 1 heterocycles. The largest absolute Gasteiger partial charge is 0.393 e. The number of rotatable bonds is 3. The third kappa shape index (κ3) is 2.19. The van der Waals surface area contributed by atoms with Crippen LogP contribution in [0.15, 0.2) is 24.3 Å². The second kappa shape index (κ2) is 4.29. The minimum absolute atomic E-state index is 0.213. The predicted molar refractivity (Wildman–Crippen MR) is 63.0 cm³/mol. The quantitative estimate of drug-likeness (QED) is 0.790. The Kier molecular flexibility index (Phi) is 3.03. The van der Waals surface area contributed by atoms with Gasteiger partial charge >= 0.3 is 0 Å². The zero-order valence-corrected chi connectivity index (χ0v) is 9.92. The molecule has 0 radical (unpaired) electrons. The first kappa shape index (κ1) is 10.6. The van der Waals surface area contributed by atoms with Crippen LogP contribution in [-0.2, 0) is 13.5 Å². The van der Waals surface area contributed by atoms with Crippen LogP contribution in [0.4, 0.5) is 0 Å². The molecule has 0 aliphatic carbocycles. The highest BCUT2D eigenvalue weighted by Gasteiger charge is 2.16. The highest BCUT2D eigenvalue weighted by molar-refractivity contribution is 7.18. The van der Waals surface area contributed by atoms with E-state index in [1.807, 2.05) is 18.3 Å². The molecule has 2 nitrogen and oxygen atoms in total. The fraction of sp³-hybridized carbons (Fsp3) is 0.417. The molecular weight excluding hydrogens is 206 g/mol. The summed E-state index contributed by atoms with van der Waals surface area (Å²) in [4.78, 5) is 0. The average molecular weight is 222 g/mol. The molecule has 0 aliphatic rings. The molecule has 1 atom stereocenters. The molecule has 1 aromatic heterocycles. The van der Waals surface area contributed by atoms with Crippen molar-refractivity contribution in [1.29, 1.82) is 0 Å². The van der Waals surface area contributed by atoms with Crippen molar-refractivity contribution in [3.63, 3.8) is 0 Å². The van der Waals surface area contributed by atoms with Crippen LogP contribution in [0.5, 0.6) is 0 Å². The smallest absolute Gasteiger partial charge is 0.238 e. The molecule has 0 saturated carbocycles. The van der Waals surface area contributed by atoms with E-state index in [9.17, 15) is 5.11 Å². The maximum Gasteiger partial charge on any atom is 0.238 e. The summed E-state index contributed by atoms with van der Waals surface area (Å²) < 4.78 is 3.54. The molecule has 0 aliphatic heterocycles. The summed E-state index contributed by atoms with van der Waals surface area (Å²) in [5, 5.41) is 10.6. The third-order valence-corrected chi connectivity index (χ3v) is 3.88. The van der Waals surface area contributed by atoms with E-state index in [0.717, 1.165) is 12.8 Å². The number of benzene rings is 1. The van der Waals surface area contributed by atoms with Crippen molar-refractivity contribution >= 4 is 21.6 Å². The molecule has 80 valence electrons. The Labute approximate surface area is 93.8 Å². The van der Waals surface area contributed by atoms with E-state index in [2.05, 4.69) is 35.9 Å².